The smallest absolute Gasteiger partial charge is 0.268 e. The Hall–Kier alpha value is -1.24. The average molecular weight is 267 g/mol. The number of hydrogen-bond donors (Lipinski definition) is 2. The molecule has 0 fully saturated rings. The molecule has 0 atom stereocenters. The number of hydrogen-bond acceptors (Lipinski definition) is 3. The number of halogens is 3. The van der Waals surface area contributed by atoms with Crippen LogP contribution in [0.2, 0.25) is 0 Å². The van der Waals surface area contributed by atoms with Crippen molar-refractivity contribution in [1.82, 2.24) is 4.98 Å². The third-order valence-electron chi connectivity index (χ3n) is 1.52. The topological polar surface area (TPSA) is 76.2 Å². The molecule has 0 bridgehead atoms. The normalized spacial score (nSPS) is 10.6. The number of aromatic nitrogens is 1. The molecule has 1 aromatic rings. The number of primary amides is 1. The van der Waals surface area contributed by atoms with Gasteiger partial charge < -0.3 is 10.8 Å². The highest BCUT2D eigenvalue weighted by molar-refractivity contribution is 9.10. The molecule has 3 N–H and O–H groups in total. The molecule has 0 aliphatic heterocycles. The van der Waals surface area contributed by atoms with Crippen molar-refractivity contribution in [3.8, 4) is 5.75 Å². The zero-order valence-corrected chi connectivity index (χ0v) is 8.25. The van der Waals surface area contributed by atoms with Gasteiger partial charge in [0.05, 0.1) is 17.3 Å². The number of rotatable bonds is 2. The molecule has 0 saturated carbocycles. The summed E-state index contributed by atoms with van der Waals surface area (Å²) in [6.45, 7) is 0. The van der Waals surface area contributed by atoms with E-state index in [0.29, 0.717) is 0 Å². The lowest BCUT2D eigenvalue weighted by molar-refractivity contribution is 0.0982. The minimum Gasteiger partial charge on any atom is -0.506 e. The highest BCUT2D eigenvalue weighted by Gasteiger charge is 2.24. The standard InChI is InChI=1S/C7H5BrF2N2O2/c8-5-4(7(11)14)3(6(9)10)2(13)1-12-5/h1,6,13H,(H2,11,14). The monoisotopic (exact) mass is 266 g/mol. The Morgan fingerprint density at radius 3 is 2.57 bits per heavy atom. The molecule has 0 aliphatic carbocycles. The fourth-order valence-corrected chi connectivity index (χ4v) is 1.46. The first-order valence-corrected chi connectivity index (χ1v) is 4.19. The van der Waals surface area contributed by atoms with E-state index in [-0.39, 0.29) is 4.60 Å². The lowest BCUT2D eigenvalue weighted by atomic mass is 10.1. The summed E-state index contributed by atoms with van der Waals surface area (Å²) in [5.41, 5.74) is 3.56. The van der Waals surface area contributed by atoms with Crippen LogP contribution in [0.1, 0.15) is 22.3 Å². The van der Waals surface area contributed by atoms with Gasteiger partial charge in [-0.3, -0.25) is 4.79 Å². The zero-order valence-electron chi connectivity index (χ0n) is 6.67. The van der Waals surface area contributed by atoms with Gasteiger partial charge in [0.15, 0.2) is 0 Å². The summed E-state index contributed by atoms with van der Waals surface area (Å²) in [5.74, 6) is -1.83. The Balaban J connectivity index is 3.50. The van der Waals surface area contributed by atoms with Crippen molar-refractivity contribution in [1.29, 1.82) is 0 Å². The van der Waals surface area contributed by atoms with Crippen LogP contribution in [-0.4, -0.2) is 16.0 Å². The number of amides is 1. The highest BCUT2D eigenvalue weighted by Crippen LogP contribution is 2.33. The Labute approximate surface area is 85.9 Å². The number of nitrogens with zero attached hydrogens (tertiary/aromatic N) is 1. The van der Waals surface area contributed by atoms with Gasteiger partial charge in [-0.25, -0.2) is 13.8 Å². The van der Waals surface area contributed by atoms with Crippen LogP contribution in [0.25, 0.3) is 0 Å². The number of nitrogens with two attached hydrogens (primary N) is 1. The lowest BCUT2D eigenvalue weighted by Crippen LogP contribution is -2.15. The van der Waals surface area contributed by atoms with Gasteiger partial charge in [0.2, 0.25) is 0 Å². The van der Waals surface area contributed by atoms with Crippen molar-refractivity contribution in [2.45, 2.75) is 6.43 Å². The average Bonchev–Trinajstić information content (AvgIpc) is 2.07. The molecule has 1 heterocycles. The SMILES string of the molecule is NC(=O)c1c(Br)ncc(O)c1C(F)F. The molecule has 14 heavy (non-hydrogen) atoms. The first-order valence-electron chi connectivity index (χ1n) is 3.40. The van der Waals surface area contributed by atoms with E-state index < -0.39 is 29.2 Å². The number of pyridine rings is 1. The molecule has 76 valence electrons. The summed E-state index contributed by atoms with van der Waals surface area (Å²) in [7, 11) is 0. The third-order valence-corrected chi connectivity index (χ3v) is 2.12. The van der Waals surface area contributed by atoms with Gasteiger partial charge in [-0.05, 0) is 15.9 Å². The van der Waals surface area contributed by atoms with E-state index in [4.69, 9.17) is 10.8 Å². The van der Waals surface area contributed by atoms with Gasteiger partial charge in [-0.15, -0.1) is 0 Å². The van der Waals surface area contributed by atoms with Gasteiger partial charge >= 0.3 is 0 Å². The number of aromatic hydroxyl groups is 1. The van der Waals surface area contributed by atoms with Gasteiger partial charge in [0.25, 0.3) is 12.3 Å². The molecule has 0 radical (unpaired) electrons. The second-order valence-electron chi connectivity index (χ2n) is 2.39. The van der Waals surface area contributed by atoms with Crippen LogP contribution in [0, 0.1) is 0 Å². The maximum Gasteiger partial charge on any atom is 0.268 e. The molecule has 1 rings (SSSR count). The van der Waals surface area contributed by atoms with Crippen molar-refractivity contribution in [3.05, 3.63) is 21.9 Å². The summed E-state index contributed by atoms with van der Waals surface area (Å²) < 4.78 is 24.7. The first-order chi connectivity index (χ1) is 6.45. The second-order valence-corrected chi connectivity index (χ2v) is 3.14. The quantitative estimate of drug-likeness (QED) is 0.799. The molecule has 0 aliphatic rings. The molecule has 7 heteroatoms. The van der Waals surface area contributed by atoms with Crippen molar-refractivity contribution in [2.75, 3.05) is 0 Å². The second kappa shape index (κ2) is 3.87. The molecule has 0 saturated heterocycles. The molecule has 1 aromatic heterocycles. The van der Waals surface area contributed by atoms with E-state index in [9.17, 15) is 13.6 Å². The molecule has 0 spiro atoms. The Morgan fingerprint density at radius 2 is 2.21 bits per heavy atom. The lowest BCUT2D eigenvalue weighted by Gasteiger charge is -2.08. The molecule has 0 aromatic carbocycles. The summed E-state index contributed by atoms with van der Waals surface area (Å²) in [5, 5.41) is 9.06. The third kappa shape index (κ3) is 1.82. The van der Waals surface area contributed by atoms with E-state index in [2.05, 4.69) is 20.9 Å². The highest BCUT2D eigenvalue weighted by atomic mass is 79.9. The maximum absolute atomic E-state index is 12.4. The van der Waals surface area contributed by atoms with Crippen LogP contribution >= 0.6 is 15.9 Å². The van der Waals surface area contributed by atoms with Crippen LogP contribution < -0.4 is 5.73 Å². The van der Waals surface area contributed by atoms with Crippen LogP contribution in [0.3, 0.4) is 0 Å². The van der Waals surface area contributed by atoms with E-state index in [1.54, 1.807) is 0 Å². The summed E-state index contributed by atoms with van der Waals surface area (Å²) >= 11 is 2.79. The summed E-state index contributed by atoms with van der Waals surface area (Å²) in [6, 6.07) is 0. The largest absolute Gasteiger partial charge is 0.506 e. The van der Waals surface area contributed by atoms with Crippen LogP contribution in [0.5, 0.6) is 5.75 Å². The van der Waals surface area contributed by atoms with Gasteiger partial charge in [0.1, 0.15) is 10.4 Å². The summed E-state index contributed by atoms with van der Waals surface area (Å²) in [6.07, 6.45) is -2.17. The Bertz CT molecular complexity index is 384. The molecule has 0 unspecified atom stereocenters. The van der Waals surface area contributed by atoms with Crippen LogP contribution in [-0.2, 0) is 0 Å². The predicted molar refractivity (Wildman–Crippen MR) is 47.1 cm³/mol. The van der Waals surface area contributed by atoms with Gasteiger partial charge in [0, 0.05) is 0 Å². The van der Waals surface area contributed by atoms with E-state index >= 15 is 0 Å². The first kappa shape index (κ1) is 10.8. The number of alkyl halides is 2. The van der Waals surface area contributed by atoms with Crippen molar-refractivity contribution < 1.29 is 18.7 Å². The van der Waals surface area contributed by atoms with Gasteiger partial charge in [-0.1, -0.05) is 0 Å². The molecular weight excluding hydrogens is 262 g/mol. The van der Waals surface area contributed by atoms with E-state index in [0.717, 1.165) is 6.20 Å². The maximum atomic E-state index is 12.4. The number of carbonyl (C=O) groups is 1. The van der Waals surface area contributed by atoms with Crippen LogP contribution in [0.15, 0.2) is 10.8 Å². The Kier molecular flexibility index (Phi) is 3.00. The Morgan fingerprint density at radius 1 is 1.64 bits per heavy atom. The molecule has 4 nitrogen and oxygen atoms in total. The summed E-state index contributed by atoms with van der Waals surface area (Å²) in [4.78, 5) is 14.3. The fourth-order valence-electron chi connectivity index (χ4n) is 0.946. The van der Waals surface area contributed by atoms with Gasteiger partial charge in [-0.2, -0.15) is 0 Å². The minimum atomic E-state index is -2.99. The minimum absolute atomic E-state index is 0.113. The van der Waals surface area contributed by atoms with E-state index in [1.165, 1.54) is 0 Å². The zero-order chi connectivity index (χ0) is 10.9. The predicted octanol–water partition coefficient (Wildman–Crippen LogP) is 1.59. The van der Waals surface area contributed by atoms with Crippen molar-refractivity contribution >= 4 is 21.8 Å². The molecular formula is C7H5BrF2N2O2. The van der Waals surface area contributed by atoms with Crippen LogP contribution in [0.4, 0.5) is 8.78 Å². The van der Waals surface area contributed by atoms with Crippen molar-refractivity contribution in [3.63, 3.8) is 0 Å². The molecule has 1 amide bonds. The van der Waals surface area contributed by atoms with Crippen molar-refractivity contribution in [2.24, 2.45) is 5.73 Å². The van der Waals surface area contributed by atoms with E-state index in [1.807, 2.05) is 0 Å². The number of carbonyl (C=O) groups excluding carboxylic acids is 1. The fraction of sp³-hybridized carbons (Fsp3) is 0.143.